The molecule has 0 aliphatic carbocycles. The Labute approximate surface area is 431 Å². The second kappa shape index (κ2) is 18.0. The van der Waals surface area contributed by atoms with E-state index in [-0.39, 0.29) is 0 Å². The number of fused-ring (bicyclic) bond motifs is 6. The molecular formula is C67H46F3N5. The van der Waals surface area contributed by atoms with Crippen LogP contribution in [0.15, 0.2) is 224 Å². The molecule has 0 spiro atoms. The number of halogens is 3. The predicted octanol–water partition coefficient (Wildman–Crippen LogP) is 18.0. The van der Waals surface area contributed by atoms with E-state index in [1.807, 2.05) is 72.8 Å². The molecule has 0 radical (unpaired) electrons. The summed E-state index contributed by atoms with van der Waals surface area (Å²) in [6.45, 7) is 5.99. The summed E-state index contributed by atoms with van der Waals surface area (Å²) in [4.78, 5) is 15.9. The number of nitrogens with zero attached hydrogens (tertiary/aromatic N) is 5. The topological polar surface area (TPSA) is 48.5 Å². The van der Waals surface area contributed by atoms with Gasteiger partial charge in [0, 0.05) is 43.9 Å². The van der Waals surface area contributed by atoms with Crippen LogP contribution in [-0.2, 0) is 6.18 Å². The average molecular weight is 978 g/mol. The number of para-hydroxylation sites is 2. The van der Waals surface area contributed by atoms with Crippen molar-refractivity contribution in [2.45, 2.75) is 26.9 Å². The molecule has 0 N–H and O–H groups in total. The first-order valence-electron chi connectivity index (χ1n) is 25.0. The molecule has 13 rings (SSSR count). The van der Waals surface area contributed by atoms with Gasteiger partial charge in [0.1, 0.15) is 0 Å². The Kier molecular flexibility index (Phi) is 10.9. The number of benzene rings is 10. The zero-order valence-electron chi connectivity index (χ0n) is 41.2. The van der Waals surface area contributed by atoms with Crippen molar-refractivity contribution in [1.29, 1.82) is 0 Å². The van der Waals surface area contributed by atoms with E-state index >= 15 is 0 Å². The minimum Gasteiger partial charge on any atom is -0.309 e. The highest BCUT2D eigenvalue weighted by atomic mass is 19.4. The van der Waals surface area contributed by atoms with Crippen molar-refractivity contribution in [2.75, 3.05) is 0 Å². The SMILES string of the molecule is Cc1ccc(-c2ccc3c4ccc(-c5ccc(C(F)(F)F)cc5C)cc4n(-c4ccc(-c5cccc6c5c5ccccc5n6-c5ccccc5)cc4-c4nc(-c5ccccc5)nc(-c5ccccc5)n4)c3c2)c(C)c1. The lowest BCUT2D eigenvalue weighted by Crippen LogP contribution is -2.05. The molecule has 0 unspecified atom stereocenters. The van der Waals surface area contributed by atoms with Gasteiger partial charge in [0.2, 0.25) is 0 Å². The monoisotopic (exact) mass is 977 g/mol. The van der Waals surface area contributed by atoms with Crippen molar-refractivity contribution in [1.82, 2.24) is 24.1 Å². The summed E-state index contributed by atoms with van der Waals surface area (Å²) in [6.07, 6.45) is -4.46. The van der Waals surface area contributed by atoms with Gasteiger partial charge in [0.15, 0.2) is 17.5 Å². The Morgan fingerprint density at radius 2 is 0.880 bits per heavy atom. The predicted molar refractivity (Wildman–Crippen MR) is 300 cm³/mol. The zero-order chi connectivity index (χ0) is 51.0. The minimum absolute atomic E-state index is 0.480. The Bertz CT molecular complexity index is 4310. The molecule has 360 valence electrons. The number of aryl methyl sites for hydroxylation is 3. The van der Waals surface area contributed by atoms with Crippen LogP contribution in [0, 0.1) is 20.8 Å². The molecule has 10 aromatic carbocycles. The van der Waals surface area contributed by atoms with E-state index in [0.717, 1.165) is 105 Å². The van der Waals surface area contributed by atoms with Crippen LogP contribution in [0.1, 0.15) is 22.3 Å². The molecule has 0 saturated heterocycles. The average Bonchev–Trinajstić information content (AvgIpc) is 3.97. The van der Waals surface area contributed by atoms with Gasteiger partial charge in [-0.1, -0.05) is 169 Å². The van der Waals surface area contributed by atoms with Crippen LogP contribution in [0.3, 0.4) is 0 Å². The summed E-state index contributed by atoms with van der Waals surface area (Å²) in [7, 11) is 0. The van der Waals surface area contributed by atoms with Gasteiger partial charge in [0.05, 0.1) is 33.3 Å². The molecular weight excluding hydrogens is 932 g/mol. The van der Waals surface area contributed by atoms with Gasteiger partial charge in [0.25, 0.3) is 0 Å². The number of hydrogen-bond acceptors (Lipinski definition) is 3. The molecule has 0 saturated carbocycles. The Morgan fingerprint density at radius 1 is 0.347 bits per heavy atom. The lowest BCUT2D eigenvalue weighted by atomic mass is 9.96. The smallest absolute Gasteiger partial charge is 0.309 e. The fraction of sp³-hybridized carbons (Fsp3) is 0.0597. The molecule has 5 nitrogen and oxygen atoms in total. The van der Waals surface area contributed by atoms with Gasteiger partial charge < -0.3 is 9.13 Å². The molecule has 0 amide bonds. The van der Waals surface area contributed by atoms with E-state index in [1.54, 1.807) is 13.0 Å². The van der Waals surface area contributed by atoms with Crippen molar-refractivity contribution >= 4 is 43.6 Å². The van der Waals surface area contributed by atoms with Gasteiger partial charge in [-0.15, -0.1) is 0 Å². The number of alkyl halides is 3. The first-order valence-corrected chi connectivity index (χ1v) is 25.0. The number of hydrogen-bond donors (Lipinski definition) is 0. The van der Waals surface area contributed by atoms with E-state index in [1.165, 1.54) is 17.7 Å². The van der Waals surface area contributed by atoms with Crippen LogP contribution in [0.25, 0.3) is 123 Å². The summed E-state index contributed by atoms with van der Waals surface area (Å²) >= 11 is 0. The zero-order valence-corrected chi connectivity index (χ0v) is 41.2. The molecule has 0 fully saturated rings. The fourth-order valence-electron chi connectivity index (χ4n) is 11.0. The Hall–Kier alpha value is -9.40. The summed E-state index contributed by atoms with van der Waals surface area (Å²) < 4.78 is 46.7. The van der Waals surface area contributed by atoms with Crippen LogP contribution in [-0.4, -0.2) is 24.1 Å². The lowest BCUT2D eigenvalue weighted by molar-refractivity contribution is -0.137. The van der Waals surface area contributed by atoms with E-state index in [0.29, 0.717) is 28.6 Å². The lowest BCUT2D eigenvalue weighted by Gasteiger charge is -2.18. The standard InChI is InChI=1S/C67H46F3N5/c1-41-26-31-51(42(2)36-41)47-27-32-54-55-33-28-48(52-34-30-49(37-43(52)3)67(68,69)70)40-62(55)75(61(54)39-47)59-35-29-46(53-23-15-25-60-63(53)56-22-13-14-24-58(56)74(60)50-20-11-6-12-21-50)38-57(59)66-72-64(44-16-7-4-8-17-44)71-65(73-66)45-18-9-5-10-19-45/h4-40H,1-3H3. The van der Waals surface area contributed by atoms with Crippen LogP contribution in [0.5, 0.6) is 0 Å². The van der Waals surface area contributed by atoms with Gasteiger partial charge in [-0.05, 0) is 126 Å². The molecule has 13 aromatic rings. The van der Waals surface area contributed by atoms with Crippen LogP contribution in [0.2, 0.25) is 0 Å². The van der Waals surface area contributed by atoms with Crippen molar-refractivity contribution in [2.24, 2.45) is 0 Å². The summed E-state index contributed by atoms with van der Waals surface area (Å²) in [5, 5.41) is 4.26. The van der Waals surface area contributed by atoms with E-state index in [4.69, 9.17) is 15.0 Å². The van der Waals surface area contributed by atoms with Crippen LogP contribution in [0.4, 0.5) is 13.2 Å². The second-order valence-corrected chi connectivity index (χ2v) is 19.3. The maximum absolute atomic E-state index is 14.0. The highest BCUT2D eigenvalue weighted by molar-refractivity contribution is 6.16. The van der Waals surface area contributed by atoms with E-state index in [9.17, 15) is 13.2 Å². The first-order chi connectivity index (χ1) is 36.6. The van der Waals surface area contributed by atoms with Gasteiger partial charge in [-0.25, -0.2) is 15.0 Å². The van der Waals surface area contributed by atoms with Crippen molar-refractivity contribution < 1.29 is 13.2 Å². The normalized spacial score (nSPS) is 11.9. The van der Waals surface area contributed by atoms with E-state index in [2.05, 4.69) is 156 Å². The molecule has 8 heteroatoms. The summed E-state index contributed by atoms with van der Waals surface area (Å²) in [6, 6.07) is 75.4. The van der Waals surface area contributed by atoms with Gasteiger partial charge in [-0.2, -0.15) is 13.2 Å². The number of rotatable bonds is 8. The Morgan fingerprint density at radius 3 is 1.49 bits per heavy atom. The molecule has 3 heterocycles. The quantitative estimate of drug-likeness (QED) is 0.152. The molecule has 0 bridgehead atoms. The maximum atomic E-state index is 14.0. The summed E-state index contributed by atoms with van der Waals surface area (Å²) in [5.41, 5.74) is 16.3. The number of aromatic nitrogens is 5. The highest BCUT2D eigenvalue weighted by Gasteiger charge is 2.31. The third-order valence-corrected chi connectivity index (χ3v) is 14.5. The third-order valence-electron chi connectivity index (χ3n) is 14.5. The first kappa shape index (κ1) is 45.5. The highest BCUT2D eigenvalue weighted by Crippen LogP contribution is 2.44. The van der Waals surface area contributed by atoms with Crippen molar-refractivity contribution in [3.63, 3.8) is 0 Å². The minimum atomic E-state index is -4.46. The van der Waals surface area contributed by atoms with Gasteiger partial charge >= 0.3 is 6.18 Å². The van der Waals surface area contributed by atoms with E-state index < -0.39 is 11.7 Å². The molecule has 75 heavy (non-hydrogen) atoms. The van der Waals surface area contributed by atoms with Crippen LogP contribution >= 0.6 is 0 Å². The van der Waals surface area contributed by atoms with Crippen LogP contribution < -0.4 is 0 Å². The molecule has 0 aliphatic heterocycles. The maximum Gasteiger partial charge on any atom is 0.416 e. The molecule has 0 aliphatic rings. The molecule has 3 aromatic heterocycles. The third kappa shape index (κ3) is 7.94. The van der Waals surface area contributed by atoms with Crippen molar-refractivity contribution in [3.05, 3.63) is 247 Å². The summed E-state index contributed by atoms with van der Waals surface area (Å²) in [5.74, 6) is 1.54. The van der Waals surface area contributed by atoms with Crippen molar-refractivity contribution in [3.8, 4) is 78.9 Å². The molecule has 0 atom stereocenters. The second-order valence-electron chi connectivity index (χ2n) is 19.3. The fourth-order valence-corrected chi connectivity index (χ4v) is 11.0. The largest absolute Gasteiger partial charge is 0.416 e. The van der Waals surface area contributed by atoms with Gasteiger partial charge in [-0.3, -0.25) is 0 Å². The Balaban J connectivity index is 1.14.